The van der Waals surface area contributed by atoms with Crippen LogP contribution in [0.5, 0.6) is 0 Å². The summed E-state index contributed by atoms with van der Waals surface area (Å²) in [6.45, 7) is 4.78. The van der Waals surface area contributed by atoms with Crippen molar-refractivity contribution in [2.45, 2.75) is 31.7 Å². The first-order valence-corrected chi connectivity index (χ1v) is 9.46. The van der Waals surface area contributed by atoms with Crippen LogP contribution in [-0.4, -0.2) is 72.5 Å². The Morgan fingerprint density at radius 3 is 2.69 bits per heavy atom. The van der Waals surface area contributed by atoms with Crippen LogP contribution in [0.25, 0.3) is 0 Å². The Morgan fingerprint density at radius 2 is 1.96 bits per heavy atom. The van der Waals surface area contributed by atoms with E-state index in [-0.39, 0.29) is 17.5 Å². The van der Waals surface area contributed by atoms with E-state index in [4.69, 9.17) is 11.6 Å². The van der Waals surface area contributed by atoms with E-state index in [1.54, 1.807) is 11.0 Å². The number of halogens is 1. The number of aryl methyl sites for hydroxylation is 1. The number of piperazine rings is 1. The number of amides is 3. The van der Waals surface area contributed by atoms with Crippen molar-refractivity contribution in [1.82, 2.24) is 14.7 Å². The minimum atomic E-state index is -0.138. The lowest BCUT2D eigenvalue weighted by Gasteiger charge is -2.49. The molecule has 1 spiro atoms. The van der Waals surface area contributed by atoms with Gasteiger partial charge >= 0.3 is 6.03 Å². The van der Waals surface area contributed by atoms with Crippen molar-refractivity contribution in [3.05, 3.63) is 28.8 Å². The summed E-state index contributed by atoms with van der Waals surface area (Å²) in [5.41, 5.74) is 1.55. The lowest BCUT2D eigenvalue weighted by atomic mass is 9.86. The molecule has 7 heteroatoms. The molecule has 0 aromatic heterocycles. The van der Waals surface area contributed by atoms with Crippen LogP contribution in [0.3, 0.4) is 0 Å². The van der Waals surface area contributed by atoms with Gasteiger partial charge in [-0.1, -0.05) is 17.7 Å². The van der Waals surface area contributed by atoms with Crippen LogP contribution >= 0.6 is 11.6 Å². The second-order valence-corrected chi connectivity index (χ2v) is 7.93. The van der Waals surface area contributed by atoms with Gasteiger partial charge in [0.05, 0.1) is 0 Å². The van der Waals surface area contributed by atoms with Crippen molar-refractivity contribution in [1.29, 1.82) is 0 Å². The predicted octanol–water partition coefficient (Wildman–Crippen LogP) is 2.81. The molecule has 1 aromatic carbocycles. The van der Waals surface area contributed by atoms with Crippen LogP contribution in [0.4, 0.5) is 10.5 Å². The van der Waals surface area contributed by atoms with Gasteiger partial charge < -0.3 is 15.1 Å². The summed E-state index contributed by atoms with van der Waals surface area (Å²) in [6, 6.07) is 5.43. The number of carbonyl (C=O) groups excluding carboxylic acids is 2. The molecule has 2 saturated heterocycles. The summed E-state index contributed by atoms with van der Waals surface area (Å²) in [7, 11) is 3.96. The normalized spacial score (nSPS) is 24.7. The summed E-state index contributed by atoms with van der Waals surface area (Å²) in [5.74, 6) is 0.186. The van der Waals surface area contributed by atoms with Crippen molar-refractivity contribution in [2.24, 2.45) is 0 Å². The van der Waals surface area contributed by atoms with Crippen molar-refractivity contribution in [2.75, 3.05) is 45.6 Å². The molecule has 0 bridgehead atoms. The van der Waals surface area contributed by atoms with Gasteiger partial charge in [0.25, 0.3) is 0 Å². The minimum Gasteiger partial charge on any atom is -0.346 e. The molecule has 2 heterocycles. The number of likely N-dealkylation sites (tertiary alicyclic amines) is 1. The summed E-state index contributed by atoms with van der Waals surface area (Å²) < 4.78 is 0. The SMILES string of the molecule is Cc1ccc(NC(=O)N2CCN(C)[C@]3(CCC(=O)N(C)CC3)C2)cc1Cl. The number of carbonyl (C=O) groups is 2. The Balaban J connectivity index is 1.71. The average molecular weight is 379 g/mol. The molecule has 0 radical (unpaired) electrons. The van der Waals surface area contributed by atoms with E-state index in [0.717, 1.165) is 31.5 Å². The third-order valence-corrected chi connectivity index (χ3v) is 6.26. The molecule has 0 saturated carbocycles. The molecule has 1 atom stereocenters. The molecule has 2 aliphatic rings. The Labute approximate surface area is 160 Å². The second-order valence-electron chi connectivity index (χ2n) is 7.53. The summed E-state index contributed by atoms with van der Waals surface area (Å²) >= 11 is 6.16. The molecule has 2 fully saturated rings. The highest BCUT2D eigenvalue weighted by atomic mass is 35.5. The predicted molar refractivity (Wildman–Crippen MR) is 104 cm³/mol. The lowest BCUT2D eigenvalue weighted by molar-refractivity contribution is -0.129. The van der Waals surface area contributed by atoms with Crippen molar-refractivity contribution >= 4 is 29.2 Å². The van der Waals surface area contributed by atoms with Gasteiger partial charge in [-0.05, 0) is 44.5 Å². The van der Waals surface area contributed by atoms with Crippen molar-refractivity contribution in [3.63, 3.8) is 0 Å². The number of nitrogens with one attached hydrogen (secondary N) is 1. The molecule has 2 aliphatic heterocycles. The second kappa shape index (κ2) is 7.45. The van der Waals surface area contributed by atoms with E-state index in [2.05, 4.69) is 17.3 Å². The number of rotatable bonds is 1. The van der Waals surface area contributed by atoms with Gasteiger partial charge in [0.15, 0.2) is 0 Å². The summed E-state index contributed by atoms with van der Waals surface area (Å²) in [5, 5.41) is 3.60. The smallest absolute Gasteiger partial charge is 0.321 e. The molecular formula is C19H27ClN4O2. The van der Waals surface area contributed by atoms with Crippen LogP contribution in [0.2, 0.25) is 5.02 Å². The van der Waals surface area contributed by atoms with E-state index in [9.17, 15) is 9.59 Å². The fraction of sp³-hybridized carbons (Fsp3) is 0.579. The molecule has 1 aromatic rings. The van der Waals surface area contributed by atoms with Crippen LogP contribution in [0, 0.1) is 6.92 Å². The first-order valence-electron chi connectivity index (χ1n) is 9.08. The first-order chi connectivity index (χ1) is 12.3. The number of hydrogen-bond acceptors (Lipinski definition) is 3. The van der Waals surface area contributed by atoms with E-state index < -0.39 is 0 Å². The van der Waals surface area contributed by atoms with E-state index in [0.29, 0.717) is 30.2 Å². The maximum Gasteiger partial charge on any atom is 0.321 e. The quantitative estimate of drug-likeness (QED) is 0.817. The first kappa shape index (κ1) is 19.0. The summed E-state index contributed by atoms with van der Waals surface area (Å²) in [4.78, 5) is 30.8. The molecular weight excluding hydrogens is 352 g/mol. The molecule has 142 valence electrons. The van der Waals surface area contributed by atoms with Gasteiger partial charge in [0.1, 0.15) is 0 Å². The molecule has 26 heavy (non-hydrogen) atoms. The maximum atomic E-state index is 12.8. The van der Waals surface area contributed by atoms with Gasteiger partial charge in [-0.25, -0.2) is 4.79 Å². The van der Waals surface area contributed by atoms with Gasteiger partial charge in [0, 0.05) is 55.9 Å². The monoisotopic (exact) mass is 378 g/mol. The Hall–Kier alpha value is -1.79. The van der Waals surface area contributed by atoms with Crippen LogP contribution in [0.15, 0.2) is 18.2 Å². The molecule has 1 N–H and O–H groups in total. The number of likely N-dealkylation sites (N-methyl/N-ethyl adjacent to an activating group) is 1. The Kier molecular flexibility index (Phi) is 5.44. The zero-order valence-corrected chi connectivity index (χ0v) is 16.5. The van der Waals surface area contributed by atoms with Gasteiger partial charge in [-0.15, -0.1) is 0 Å². The van der Waals surface area contributed by atoms with Crippen molar-refractivity contribution in [3.8, 4) is 0 Å². The maximum absolute atomic E-state index is 12.8. The number of urea groups is 1. The van der Waals surface area contributed by atoms with Gasteiger partial charge in [0.2, 0.25) is 5.91 Å². The Bertz CT molecular complexity index is 711. The lowest BCUT2D eigenvalue weighted by Crippen LogP contribution is -2.62. The average Bonchev–Trinajstić information content (AvgIpc) is 2.75. The highest BCUT2D eigenvalue weighted by Gasteiger charge is 2.42. The fourth-order valence-corrected chi connectivity index (χ4v) is 3.99. The van der Waals surface area contributed by atoms with Gasteiger partial charge in [-0.3, -0.25) is 9.69 Å². The van der Waals surface area contributed by atoms with Crippen molar-refractivity contribution < 1.29 is 9.59 Å². The third kappa shape index (κ3) is 3.81. The largest absolute Gasteiger partial charge is 0.346 e. The van der Waals surface area contributed by atoms with Crippen LogP contribution in [-0.2, 0) is 4.79 Å². The van der Waals surface area contributed by atoms with Gasteiger partial charge in [-0.2, -0.15) is 0 Å². The number of hydrogen-bond donors (Lipinski definition) is 1. The van der Waals surface area contributed by atoms with E-state index >= 15 is 0 Å². The topological polar surface area (TPSA) is 55.9 Å². The Morgan fingerprint density at radius 1 is 1.19 bits per heavy atom. The zero-order valence-electron chi connectivity index (χ0n) is 15.7. The molecule has 6 nitrogen and oxygen atoms in total. The number of anilines is 1. The number of benzene rings is 1. The van der Waals surface area contributed by atoms with E-state index in [1.807, 2.05) is 31.0 Å². The highest BCUT2D eigenvalue weighted by molar-refractivity contribution is 6.31. The standard InChI is InChI=1S/C19H27ClN4O2/c1-14-4-5-15(12-16(14)20)21-18(26)24-11-10-23(3)19(13-24)7-6-17(25)22(2)9-8-19/h4-5,12H,6-11,13H2,1-3H3,(H,21,26)/t19-/m0/s1. The highest BCUT2D eigenvalue weighted by Crippen LogP contribution is 2.32. The molecule has 3 rings (SSSR count). The number of nitrogens with zero attached hydrogens (tertiary/aromatic N) is 3. The minimum absolute atomic E-state index is 0.110. The van der Waals surface area contributed by atoms with Crippen LogP contribution < -0.4 is 5.32 Å². The molecule has 3 amide bonds. The fourth-order valence-electron chi connectivity index (χ4n) is 3.81. The van der Waals surface area contributed by atoms with E-state index in [1.165, 1.54) is 0 Å². The summed E-state index contributed by atoms with van der Waals surface area (Å²) in [6.07, 6.45) is 2.20. The molecule has 0 aliphatic carbocycles. The third-order valence-electron chi connectivity index (χ3n) is 5.85. The van der Waals surface area contributed by atoms with Crippen LogP contribution in [0.1, 0.15) is 24.8 Å². The molecule has 0 unspecified atom stereocenters. The zero-order chi connectivity index (χ0) is 18.9.